The Kier molecular flexibility index (Phi) is 3.66. The molecular formula is C14H14N2O3. The van der Waals surface area contributed by atoms with Crippen molar-refractivity contribution in [1.82, 2.24) is 4.57 Å². The topological polar surface area (TPSA) is 60.3 Å². The summed E-state index contributed by atoms with van der Waals surface area (Å²) in [6.07, 6.45) is 3.74. The summed E-state index contributed by atoms with van der Waals surface area (Å²) in [6.45, 7) is 1.39. The van der Waals surface area contributed by atoms with E-state index in [1.165, 1.54) is 14.0 Å². The minimum absolute atomic E-state index is 0.237. The molecule has 2 aromatic rings. The molecule has 1 amide bonds. The van der Waals surface area contributed by atoms with Crippen LogP contribution >= 0.6 is 0 Å². The van der Waals surface area contributed by atoms with Crippen LogP contribution in [0.2, 0.25) is 0 Å². The van der Waals surface area contributed by atoms with Gasteiger partial charge in [-0.1, -0.05) is 0 Å². The first-order chi connectivity index (χ1) is 9.11. The molecule has 0 spiro atoms. The maximum absolute atomic E-state index is 11.8. The first-order valence-corrected chi connectivity index (χ1v) is 5.75. The van der Waals surface area contributed by atoms with Crippen LogP contribution in [-0.4, -0.2) is 23.6 Å². The Balaban J connectivity index is 2.47. The molecule has 1 aromatic carbocycles. The second-order valence-corrected chi connectivity index (χ2v) is 3.99. The van der Waals surface area contributed by atoms with Gasteiger partial charge in [0.15, 0.2) is 0 Å². The third-order valence-electron chi connectivity index (χ3n) is 2.62. The lowest BCUT2D eigenvalue weighted by atomic mass is 10.1. The number of rotatable bonds is 3. The number of benzene rings is 1. The molecule has 0 radical (unpaired) electrons. The zero-order valence-corrected chi connectivity index (χ0v) is 10.7. The van der Waals surface area contributed by atoms with E-state index in [1.807, 2.05) is 35.2 Å². The van der Waals surface area contributed by atoms with Crippen LogP contribution < -0.4 is 5.32 Å². The lowest BCUT2D eigenvalue weighted by Gasteiger charge is -2.11. The van der Waals surface area contributed by atoms with Gasteiger partial charge in [0.25, 0.3) is 0 Å². The predicted molar refractivity (Wildman–Crippen MR) is 71.4 cm³/mol. The number of carbonyl (C=O) groups excluding carboxylic acids is 2. The fourth-order valence-electron chi connectivity index (χ4n) is 1.78. The zero-order chi connectivity index (χ0) is 13.8. The van der Waals surface area contributed by atoms with E-state index in [-0.39, 0.29) is 5.91 Å². The van der Waals surface area contributed by atoms with Crippen molar-refractivity contribution in [3.63, 3.8) is 0 Å². The second-order valence-electron chi connectivity index (χ2n) is 3.99. The summed E-state index contributed by atoms with van der Waals surface area (Å²) in [7, 11) is 1.31. The Bertz CT molecular complexity index is 603. The number of aromatic nitrogens is 1. The van der Waals surface area contributed by atoms with Crippen molar-refractivity contribution in [2.24, 2.45) is 0 Å². The highest BCUT2D eigenvalue weighted by Crippen LogP contribution is 2.21. The molecule has 0 fully saturated rings. The van der Waals surface area contributed by atoms with E-state index in [1.54, 1.807) is 12.1 Å². The second kappa shape index (κ2) is 5.39. The number of nitrogens with zero attached hydrogens (tertiary/aromatic N) is 1. The largest absolute Gasteiger partial charge is 0.465 e. The number of ether oxygens (including phenoxy) is 1. The van der Waals surface area contributed by atoms with Gasteiger partial charge in [-0.3, -0.25) is 4.79 Å². The van der Waals surface area contributed by atoms with Crippen LogP contribution in [0.25, 0.3) is 5.69 Å². The van der Waals surface area contributed by atoms with Crippen molar-refractivity contribution < 1.29 is 14.3 Å². The number of methoxy groups -OCH3 is 1. The Morgan fingerprint density at radius 1 is 1.21 bits per heavy atom. The predicted octanol–water partition coefficient (Wildman–Crippen LogP) is 2.22. The maximum Gasteiger partial charge on any atom is 0.340 e. The summed E-state index contributed by atoms with van der Waals surface area (Å²) < 4.78 is 6.60. The summed E-state index contributed by atoms with van der Waals surface area (Å²) in [5, 5.41) is 2.61. The first-order valence-electron chi connectivity index (χ1n) is 5.75. The van der Waals surface area contributed by atoms with Crippen LogP contribution in [0.1, 0.15) is 17.3 Å². The molecule has 0 bridgehead atoms. The van der Waals surface area contributed by atoms with Crippen molar-refractivity contribution in [3.05, 3.63) is 48.3 Å². The average molecular weight is 258 g/mol. The molecule has 19 heavy (non-hydrogen) atoms. The standard InChI is InChI=1S/C14H14N2O3/c1-10(17)15-13-6-5-11(16-7-3-4-8-16)9-12(13)14(18)19-2/h3-9H,1-2H3,(H,15,17). The quantitative estimate of drug-likeness (QED) is 0.859. The van der Waals surface area contributed by atoms with E-state index in [2.05, 4.69) is 5.32 Å². The summed E-state index contributed by atoms with van der Waals surface area (Å²) in [6, 6.07) is 8.96. The van der Waals surface area contributed by atoms with Gasteiger partial charge in [-0.2, -0.15) is 0 Å². The molecule has 2 rings (SSSR count). The molecule has 0 aliphatic heterocycles. The van der Waals surface area contributed by atoms with Gasteiger partial charge in [-0.05, 0) is 30.3 Å². The van der Waals surface area contributed by atoms with Gasteiger partial charge in [0.2, 0.25) is 5.91 Å². The Labute approximate surface area is 110 Å². The third-order valence-corrected chi connectivity index (χ3v) is 2.62. The maximum atomic E-state index is 11.8. The molecular weight excluding hydrogens is 244 g/mol. The molecule has 1 aromatic heterocycles. The molecule has 98 valence electrons. The molecule has 5 heteroatoms. The highest BCUT2D eigenvalue weighted by molar-refractivity contribution is 6.01. The summed E-state index contributed by atoms with van der Waals surface area (Å²) in [4.78, 5) is 22.9. The molecule has 5 nitrogen and oxygen atoms in total. The van der Waals surface area contributed by atoms with Crippen molar-refractivity contribution >= 4 is 17.6 Å². The molecule has 0 saturated heterocycles. The molecule has 0 saturated carbocycles. The van der Waals surface area contributed by atoms with E-state index in [9.17, 15) is 9.59 Å². The number of anilines is 1. The highest BCUT2D eigenvalue weighted by Gasteiger charge is 2.14. The fourth-order valence-corrected chi connectivity index (χ4v) is 1.78. The summed E-state index contributed by atoms with van der Waals surface area (Å²) in [5.74, 6) is -0.725. The van der Waals surface area contributed by atoms with Crippen LogP contribution in [0.5, 0.6) is 0 Å². The minimum Gasteiger partial charge on any atom is -0.465 e. The van der Waals surface area contributed by atoms with E-state index >= 15 is 0 Å². The van der Waals surface area contributed by atoms with Gasteiger partial charge in [0.1, 0.15) is 0 Å². The monoisotopic (exact) mass is 258 g/mol. The number of nitrogens with one attached hydrogen (secondary N) is 1. The minimum atomic E-state index is -0.488. The van der Waals surface area contributed by atoms with Crippen molar-refractivity contribution in [2.45, 2.75) is 6.92 Å². The van der Waals surface area contributed by atoms with Crippen LogP contribution in [-0.2, 0) is 9.53 Å². The van der Waals surface area contributed by atoms with E-state index < -0.39 is 5.97 Å². The molecule has 0 atom stereocenters. The van der Waals surface area contributed by atoms with Crippen molar-refractivity contribution in [1.29, 1.82) is 0 Å². The lowest BCUT2D eigenvalue weighted by Crippen LogP contribution is -2.12. The zero-order valence-electron chi connectivity index (χ0n) is 10.7. The van der Waals surface area contributed by atoms with Crippen LogP contribution in [0.4, 0.5) is 5.69 Å². The number of esters is 1. The van der Waals surface area contributed by atoms with Crippen molar-refractivity contribution in [3.8, 4) is 5.69 Å². The van der Waals surface area contributed by atoms with Gasteiger partial charge >= 0.3 is 5.97 Å². The van der Waals surface area contributed by atoms with Crippen molar-refractivity contribution in [2.75, 3.05) is 12.4 Å². The summed E-state index contributed by atoms with van der Waals surface area (Å²) in [5.41, 5.74) is 1.58. The van der Waals surface area contributed by atoms with E-state index in [4.69, 9.17) is 4.74 Å². The SMILES string of the molecule is COC(=O)c1cc(-n2cccc2)ccc1NC(C)=O. The van der Waals surface area contributed by atoms with Crippen LogP contribution in [0, 0.1) is 0 Å². The third kappa shape index (κ3) is 2.82. The van der Waals surface area contributed by atoms with Gasteiger partial charge in [0.05, 0.1) is 18.4 Å². The lowest BCUT2D eigenvalue weighted by molar-refractivity contribution is -0.114. The Morgan fingerprint density at radius 3 is 2.47 bits per heavy atom. The summed E-state index contributed by atoms with van der Waals surface area (Å²) >= 11 is 0. The molecule has 0 aliphatic carbocycles. The molecule has 0 unspecified atom stereocenters. The number of hydrogen-bond acceptors (Lipinski definition) is 3. The fraction of sp³-hybridized carbons (Fsp3) is 0.143. The smallest absolute Gasteiger partial charge is 0.340 e. The van der Waals surface area contributed by atoms with Crippen LogP contribution in [0.15, 0.2) is 42.7 Å². The van der Waals surface area contributed by atoms with Gasteiger partial charge < -0.3 is 14.6 Å². The van der Waals surface area contributed by atoms with Gasteiger partial charge in [-0.15, -0.1) is 0 Å². The van der Waals surface area contributed by atoms with Gasteiger partial charge in [-0.25, -0.2) is 4.79 Å². The number of carbonyl (C=O) groups is 2. The van der Waals surface area contributed by atoms with Crippen LogP contribution in [0.3, 0.4) is 0 Å². The van der Waals surface area contributed by atoms with E-state index in [0.29, 0.717) is 11.3 Å². The Morgan fingerprint density at radius 2 is 1.89 bits per heavy atom. The molecule has 1 N–H and O–H groups in total. The number of hydrogen-bond donors (Lipinski definition) is 1. The molecule has 1 heterocycles. The molecule has 0 aliphatic rings. The van der Waals surface area contributed by atoms with Gasteiger partial charge in [0, 0.05) is 25.0 Å². The Hall–Kier alpha value is -2.56. The normalized spacial score (nSPS) is 10.0. The first kappa shape index (κ1) is 12.9. The average Bonchev–Trinajstić information content (AvgIpc) is 2.91. The van der Waals surface area contributed by atoms with E-state index in [0.717, 1.165) is 5.69 Å². The highest BCUT2D eigenvalue weighted by atomic mass is 16.5. The number of amides is 1.